The molecule has 0 spiro atoms. The normalized spacial score (nSPS) is 45.4. The Balaban J connectivity index is 1.34. The Hall–Kier alpha value is -0.120. The van der Waals surface area contributed by atoms with E-state index >= 15 is 0 Å². The SMILES string of the molecule is CN1CC2CN(C3CC4CN(C(C)(C)C)CC4C3)CC2C1. The van der Waals surface area contributed by atoms with Gasteiger partial charge in [-0.2, -0.15) is 0 Å². The monoisotopic (exact) mass is 291 g/mol. The van der Waals surface area contributed by atoms with E-state index in [1.165, 1.54) is 52.1 Å². The van der Waals surface area contributed by atoms with Gasteiger partial charge < -0.3 is 4.90 Å². The summed E-state index contributed by atoms with van der Waals surface area (Å²) in [5.41, 5.74) is 0.370. The Bertz CT molecular complexity index is 374. The van der Waals surface area contributed by atoms with Crippen molar-refractivity contribution in [1.29, 1.82) is 0 Å². The summed E-state index contributed by atoms with van der Waals surface area (Å²) in [4.78, 5) is 8.14. The quantitative estimate of drug-likeness (QED) is 0.731. The summed E-state index contributed by atoms with van der Waals surface area (Å²) in [7, 11) is 2.30. The number of likely N-dealkylation sites (tertiary alicyclic amines) is 3. The zero-order valence-corrected chi connectivity index (χ0v) is 14.4. The molecular formula is C18H33N3. The van der Waals surface area contributed by atoms with Gasteiger partial charge in [-0.1, -0.05) is 0 Å². The van der Waals surface area contributed by atoms with Crippen LogP contribution in [0.3, 0.4) is 0 Å². The first-order chi connectivity index (χ1) is 9.90. The molecule has 3 heterocycles. The first-order valence-corrected chi connectivity index (χ1v) is 9.08. The molecule has 1 aliphatic carbocycles. The Morgan fingerprint density at radius 3 is 1.71 bits per heavy atom. The second-order valence-electron chi connectivity index (χ2n) is 9.42. The highest BCUT2D eigenvalue weighted by atomic mass is 15.3. The first-order valence-electron chi connectivity index (χ1n) is 9.08. The summed E-state index contributed by atoms with van der Waals surface area (Å²) < 4.78 is 0. The van der Waals surface area contributed by atoms with Crippen LogP contribution in [0.2, 0.25) is 0 Å². The smallest absolute Gasteiger partial charge is 0.0125 e. The van der Waals surface area contributed by atoms with Crippen LogP contribution in [0, 0.1) is 23.7 Å². The minimum absolute atomic E-state index is 0.370. The van der Waals surface area contributed by atoms with Gasteiger partial charge in [-0.3, -0.25) is 9.80 Å². The van der Waals surface area contributed by atoms with Crippen molar-refractivity contribution < 1.29 is 0 Å². The third-order valence-corrected chi connectivity index (χ3v) is 6.89. The lowest BCUT2D eigenvalue weighted by Crippen LogP contribution is -2.41. The molecule has 4 rings (SSSR count). The fourth-order valence-corrected chi connectivity index (χ4v) is 5.68. The molecular weight excluding hydrogens is 258 g/mol. The third kappa shape index (κ3) is 2.55. The van der Waals surface area contributed by atoms with Gasteiger partial charge in [0, 0.05) is 50.8 Å². The number of fused-ring (bicyclic) bond motifs is 2. The van der Waals surface area contributed by atoms with Crippen molar-refractivity contribution in [2.45, 2.75) is 45.2 Å². The largest absolute Gasteiger partial charge is 0.306 e. The summed E-state index contributed by atoms with van der Waals surface area (Å²) in [5.74, 6) is 3.91. The highest BCUT2D eigenvalue weighted by Crippen LogP contribution is 2.44. The lowest BCUT2D eigenvalue weighted by molar-refractivity contribution is 0.144. The molecule has 3 heteroatoms. The molecule has 0 aromatic rings. The molecule has 0 bridgehead atoms. The van der Waals surface area contributed by atoms with Crippen molar-refractivity contribution in [3.05, 3.63) is 0 Å². The highest BCUT2D eigenvalue weighted by molar-refractivity contribution is 5.01. The van der Waals surface area contributed by atoms with Crippen LogP contribution >= 0.6 is 0 Å². The van der Waals surface area contributed by atoms with E-state index in [9.17, 15) is 0 Å². The van der Waals surface area contributed by atoms with E-state index in [0.29, 0.717) is 5.54 Å². The molecule has 0 radical (unpaired) electrons. The van der Waals surface area contributed by atoms with Crippen LogP contribution in [0.15, 0.2) is 0 Å². The second-order valence-corrected chi connectivity index (χ2v) is 9.42. The van der Waals surface area contributed by atoms with Crippen molar-refractivity contribution in [3.63, 3.8) is 0 Å². The molecule has 4 atom stereocenters. The van der Waals surface area contributed by atoms with Gasteiger partial charge in [0.25, 0.3) is 0 Å². The summed E-state index contributed by atoms with van der Waals surface area (Å²) >= 11 is 0. The highest BCUT2D eigenvalue weighted by Gasteiger charge is 2.48. The molecule has 3 aliphatic heterocycles. The lowest BCUT2D eigenvalue weighted by Gasteiger charge is -2.34. The van der Waals surface area contributed by atoms with Gasteiger partial charge in [0.2, 0.25) is 0 Å². The van der Waals surface area contributed by atoms with E-state index in [1.807, 2.05) is 0 Å². The topological polar surface area (TPSA) is 9.72 Å². The molecule has 0 aromatic carbocycles. The third-order valence-electron chi connectivity index (χ3n) is 6.89. The molecule has 4 aliphatic rings. The maximum Gasteiger partial charge on any atom is 0.0125 e. The van der Waals surface area contributed by atoms with Gasteiger partial charge in [0.1, 0.15) is 0 Å². The molecule has 4 unspecified atom stereocenters. The number of nitrogens with zero attached hydrogens (tertiary/aromatic N) is 3. The van der Waals surface area contributed by atoms with Crippen LogP contribution in [-0.4, -0.2) is 72.6 Å². The van der Waals surface area contributed by atoms with Crippen LogP contribution in [0.4, 0.5) is 0 Å². The van der Waals surface area contributed by atoms with Crippen molar-refractivity contribution in [1.82, 2.24) is 14.7 Å². The van der Waals surface area contributed by atoms with Gasteiger partial charge in [0.15, 0.2) is 0 Å². The van der Waals surface area contributed by atoms with E-state index in [2.05, 4.69) is 42.5 Å². The number of hydrogen-bond acceptors (Lipinski definition) is 3. The van der Waals surface area contributed by atoms with Crippen molar-refractivity contribution in [3.8, 4) is 0 Å². The Morgan fingerprint density at radius 2 is 1.24 bits per heavy atom. The summed E-state index contributed by atoms with van der Waals surface area (Å²) in [6.45, 7) is 15.3. The molecule has 3 nitrogen and oxygen atoms in total. The average molecular weight is 291 g/mol. The second kappa shape index (κ2) is 4.94. The minimum atomic E-state index is 0.370. The zero-order chi connectivity index (χ0) is 14.8. The number of rotatable bonds is 1. The van der Waals surface area contributed by atoms with Gasteiger partial charge in [-0.15, -0.1) is 0 Å². The van der Waals surface area contributed by atoms with Crippen molar-refractivity contribution in [2.24, 2.45) is 23.7 Å². The van der Waals surface area contributed by atoms with E-state index in [1.54, 1.807) is 0 Å². The molecule has 120 valence electrons. The summed E-state index contributed by atoms with van der Waals surface area (Å²) in [6, 6.07) is 0.915. The molecule has 0 N–H and O–H groups in total. The fourth-order valence-electron chi connectivity index (χ4n) is 5.68. The van der Waals surface area contributed by atoms with E-state index in [4.69, 9.17) is 0 Å². The maximum absolute atomic E-state index is 2.88. The Kier molecular flexibility index (Phi) is 3.40. The minimum Gasteiger partial charge on any atom is -0.306 e. The molecule has 3 saturated heterocycles. The molecule has 21 heavy (non-hydrogen) atoms. The molecule has 0 amide bonds. The van der Waals surface area contributed by atoms with Gasteiger partial charge in [-0.25, -0.2) is 0 Å². The van der Waals surface area contributed by atoms with Gasteiger partial charge in [-0.05, 0) is 64.3 Å². The van der Waals surface area contributed by atoms with Crippen LogP contribution in [0.25, 0.3) is 0 Å². The van der Waals surface area contributed by atoms with E-state index in [0.717, 1.165) is 29.7 Å². The van der Waals surface area contributed by atoms with Crippen LogP contribution in [0.1, 0.15) is 33.6 Å². The number of hydrogen-bond donors (Lipinski definition) is 0. The van der Waals surface area contributed by atoms with Gasteiger partial charge in [0.05, 0.1) is 0 Å². The van der Waals surface area contributed by atoms with E-state index in [-0.39, 0.29) is 0 Å². The first kappa shape index (κ1) is 14.5. The zero-order valence-electron chi connectivity index (χ0n) is 14.4. The predicted octanol–water partition coefficient (Wildman–Crippen LogP) is 1.99. The molecule has 1 saturated carbocycles. The maximum atomic E-state index is 2.88. The summed E-state index contributed by atoms with van der Waals surface area (Å²) in [6.07, 6.45) is 2.96. The van der Waals surface area contributed by atoms with Crippen LogP contribution in [-0.2, 0) is 0 Å². The van der Waals surface area contributed by atoms with Crippen LogP contribution < -0.4 is 0 Å². The van der Waals surface area contributed by atoms with Gasteiger partial charge >= 0.3 is 0 Å². The van der Waals surface area contributed by atoms with Crippen LogP contribution in [0.5, 0.6) is 0 Å². The molecule has 4 fully saturated rings. The molecule has 0 aromatic heterocycles. The van der Waals surface area contributed by atoms with Crippen molar-refractivity contribution in [2.75, 3.05) is 46.3 Å². The van der Waals surface area contributed by atoms with E-state index < -0.39 is 0 Å². The average Bonchev–Trinajstić information content (AvgIpc) is 3.01. The summed E-state index contributed by atoms with van der Waals surface area (Å²) in [5, 5.41) is 0. The predicted molar refractivity (Wildman–Crippen MR) is 87.4 cm³/mol. The Labute approximate surface area is 130 Å². The van der Waals surface area contributed by atoms with Crippen molar-refractivity contribution >= 4 is 0 Å². The Morgan fingerprint density at radius 1 is 0.714 bits per heavy atom. The fraction of sp³-hybridized carbons (Fsp3) is 1.00. The lowest BCUT2D eigenvalue weighted by atomic mass is 10.0. The standard InChI is InChI=1S/C18H33N3/c1-18(2,3)21-11-13-5-17(6-14(13)12-21)20-9-15-7-19(4)8-16(15)10-20/h13-17H,5-12H2,1-4H3.